The molecule has 0 heteroatoms. The van der Waals surface area contributed by atoms with Crippen molar-refractivity contribution < 1.29 is 0 Å². The summed E-state index contributed by atoms with van der Waals surface area (Å²) in [6.45, 7) is 18.2. The maximum absolute atomic E-state index is 3.63. The second-order valence-electron chi connectivity index (χ2n) is 2.81. The van der Waals surface area contributed by atoms with Crippen LogP contribution in [0.4, 0.5) is 0 Å². The first-order valence-corrected chi connectivity index (χ1v) is 6.17. The molecule has 0 nitrogen and oxygen atoms in total. The molecular formula is C15H30. The van der Waals surface area contributed by atoms with Crippen LogP contribution in [0.5, 0.6) is 0 Å². The number of rotatable bonds is 4. The highest BCUT2D eigenvalue weighted by Crippen LogP contribution is 2.10. The van der Waals surface area contributed by atoms with Crippen LogP contribution in [0.1, 0.15) is 61.3 Å². The van der Waals surface area contributed by atoms with E-state index in [2.05, 4.69) is 33.4 Å². The van der Waals surface area contributed by atoms with Gasteiger partial charge in [-0.3, -0.25) is 0 Å². The molecule has 0 aromatic carbocycles. The largest absolute Gasteiger partial charge is 0.0991 e. The molecule has 0 unspecified atom stereocenters. The quantitative estimate of drug-likeness (QED) is 0.505. The van der Waals surface area contributed by atoms with Crippen molar-refractivity contribution in [3.05, 3.63) is 36.0 Å². The third-order valence-electron chi connectivity index (χ3n) is 1.78. The molecular weight excluding hydrogens is 180 g/mol. The second kappa shape index (κ2) is 18.9. The summed E-state index contributed by atoms with van der Waals surface area (Å²) in [5.41, 5.74) is 2.84. The molecule has 0 fully saturated rings. The monoisotopic (exact) mass is 210 g/mol. The SMILES string of the molecule is C=C/C=C\C(C)=C(/C)CCC.CC.CC. The normalized spacial score (nSPS) is 10.6. The van der Waals surface area contributed by atoms with E-state index in [9.17, 15) is 0 Å². The van der Waals surface area contributed by atoms with Crippen LogP contribution in [0.15, 0.2) is 36.0 Å². The maximum atomic E-state index is 3.63. The van der Waals surface area contributed by atoms with E-state index in [4.69, 9.17) is 0 Å². The van der Waals surface area contributed by atoms with Crippen molar-refractivity contribution in [3.63, 3.8) is 0 Å². The summed E-state index contributed by atoms with van der Waals surface area (Å²) in [5.74, 6) is 0. The smallest absolute Gasteiger partial charge is 0.0320 e. The first kappa shape index (κ1) is 19.7. The highest BCUT2D eigenvalue weighted by molar-refractivity contribution is 5.24. The fraction of sp³-hybridized carbons (Fsp3) is 0.600. The fourth-order valence-corrected chi connectivity index (χ4v) is 0.927. The molecule has 0 atom stereocenters. The number of hydrogen-bond donors (Lipinski definition) is 0. The minimum absolute atomic E-state index is 1.20. The van der Waals surface area contributed by atoms with E-state index in [1.54, 1.807) is 0 Å². The lowest BCUT2D eigenvalue weighted by Gasteiger charge is -2.00. The molecule has 0 heterocycles. The van der Waals surface area contributed by atoms with Crippen molar-refractivity contribution >= 4 is 0 Å². The molecule has 90 valence electrons. The second-order valence-corrected chi connectivity index (χ2v) is 2.81. The molecule has 0 aliphatic rings. The Bertz CT molecular complexity index is 170. The highest BCUT2D eigenvalue weighted by atomic mass is 14.0. The number of allylic oxidation sites excluding steroid dienone is 5. The minimum Gasteiger partial charge on any atom is -0.0991 e. The van der Waals surface area contributed by atoms with Gasteiger partial charge in [-0.25, -0.2) is 0 Å². The summed E-state index contributed by atoms with van der Waals surface area (Å²) < 4.78 is 0. The molecule has 0 aromatic heterocycles. The lowest BCUT2D eigenvalue weighted by Crippen LogP contribution is -1.79. The topological polar surface area (TPSA) is 0 Å². The Morgan fingerprint density at radius 1 is 1.07 bits per heavy atom. The minimum atomic E-state index is 1.20. The van der Waals surface area contributed by atoms with E-state index < -0.39 is 0 Å². The lowest BCUT2D eigenvalue weighted by atomic mass is 10.1. The van der Waals surface area contributed by atoms with Crippen LogP contribution >= 0.6 is 0 Å². The zero-order chi connectivity index (χ0) is 12.7. The van der Waals surface area contributed by atoms with Crippen LogP contribution in [0.25, 0.3) is 0 Å². The van der Waals surface area contributed by atoms with Gasteiger partial charge in [-0.15, -0.1) is 0 Å². The van der Waals surface area contributed by atoms with Gasteiger partial charge in [-0.2, -0.15) is 0 Å². The Morgan fingerprint density at radius 2 is 1.53 bits per heavy atom. The Balaban J connectivity index is -0.000000318. The van der Waals surface area contributed by atoms with Crippen LogP contribution in [0, 0.1) is 0 Å². The number of hydrogen-bond acceptors (Lipinski definition) is 0. The molecule has 0 saturated carbocycles. The Hall–Kier alpha value is -0.780. The third-order valence-corrected chi connectivity index (χ3v) is 1.78. The van der Waals surface area contributed by atoms with Gasteiger partial charge in [0, 0.05) is 0 Å². The van der Waals surface area contributed by atoms with Crippen LogP contribution in [0.3, 0.4) is 0 Å². The van der Waals surface area contributed by atoms with Gasteiger partial charge < -0.3 is 0 Å². The van der Waals surface area contributed by atoms with Crippen molar-refractivity contribution in [2.45, 2.75) is 61.3 Å². The van der Waals surface area contributed by atoms with Crippen molar-refractivity contribution in [2.24, 2.45) is 0 Å². The molecule has 0 aliphatic heterocycles. The molecule has 0 amide bonds. The fourth-order valence-electron chi connectivity index (χ4n) is 0.927. The first-order chi connectivity index (χ1) is 7.22. The Kier molecular flexibility index (Phi) is 24.9. The summed E-state index contributed by atoms with van der Waals surface area (Å²) in [5, 5.41) is 0. The molecule has 0 aromatic rings. The molecule has 0 saturated heterocycles. The predicted octanol–water partition coefficient (Wildman–Crippen LogP) is 5.92. The van der Waals surface area contributed by atoms with Gasteiger partial charge in [0.15, 0.2) is 0 Å². The summed E-state index contributed by atoms with van der Waals surface area (Å²) in [4.78, 5) is 0. The lowest BCUT2D eigenvalue weighted by molar-refractivity contribution is 0.895. The molecule has 0 bridgehead atoms. The van der Waals surface area contributed by atoms with Crippen molar-refractivity contribution in [1.82, 2.24) is 0 Å². The average Bonchev–Trinajstić information content (AvgIpc) is 2.31. The Labute approximate surface area is 97.8 Å². The summed E-state index contributed by atoms with van der Waals surface area (Å²) in [6, 6.07) is 0. The molecule has 0 rings (SSSR count). The molecule has 15 heavy (non-hydrogen) atoms. The maximum Gasteiger partial charge on any atom is -0.0320 e. The van der Waals surface area contributed by atoms with Crippen molar-refractivity contribution in [2.75, 3.05) is 0 Å². The van der Waals surface area contributed by atoms with E-state index >= 15 is 0 Å². The standard InChI is InChI=1S/C11H18.2C2H6/c1-5-7-9-11(4)10(3)8-6-2;2*1-2/h5,7,9H,1,6,8H2,2-4H3;2*1-2H3/b9-7-,11-10+;;. The van der Waals surface area contributed by atoms with Crippen LogP contribution in [-0.4, -0.2) is 0 Å². The van der Waals surface area contributed by atoms with Crippen LogP contribution < -0.4 is 0 Å². The third kappa shape index (κ3) is 15.9. The summed E-state index contributed by atoms with van der Waals surface area (Å²) in [6.07, 6.45) is 8.33. The van der Waals surface area contributed by atoms with E-state index in [-0.39, 0.29) is 0 Å². The van der Waals surface area contributed by atoms with Crippen molar-refractivity contribution in [1.29, 1.82) is 0 Å². The van der Waals surface area contributed by atoms with E-state index in [0.717, 1.165) is 0 Å². The van der Waals surface area contributed by atoms with Gasteiger partial charge in [-0.05, 0) is 20.3 Å². The van der Waals surface area contributed by atoms with Gasteiger partial charge in [0.25, 0.3) is 0 Å². The predicted molar refractivity (Wildman–Crippen MR) is 75.3 cm³/mol. The van der Waals surface area contributed by atoms with E-state index in [0.29, 0.717) is 0 Å². The van der Waals surface area contributed by atoms with Crippen LogP contribution in [-0.2, 0) is 0 Å². The first-order valence-electron chi connectivity index (χ1n) is 6.17. The highest BCUT2D eigenvalue weighted by Gasteiger charge is 1.90. The van der Waals surface area contributed by atoms with Gasteiger partial charge in [-0.1, -0.05) is 77.0 Å². The molecule has 0 spiro atoms. The molecule has 0 N–H and O–H groups in total. The zero-order valence-electron chi connectivity index (χ0n) is 11.9. The van der Waals surface area contributed by atoms with Gasteiger partial charge >= 0.3 is 0 Å². The summed E-state index contributed by atoms with van der Waals surface area (Å²) in [7, 11) is 0. The zero-order valence-corrected chi connectivity index (χ0v) is 11.9. The average molecular weight is 210 g/mol. The van der Waals surface area contributed by atoms with E-state index in [1.807, 2.05) is 39.8 Å². The van der Waals surface area contributed by atoms with Crippen molar-refractivity contribution in [3.8, 4) is 0 Å². The van der Waals surface area contributed by atoms with Gasteiger partial charge in [0.1, 0.15) is 0 Å². The van der Waals surface area contributed by atoms with E-state index in [1.165, 1.54) is 24.0 Å². The summed E-state index contributed by atoms with van der Waals surface area (Å²) >= 11 is 0. The molecule has 0 radical (unpaired) electrons. The molecule has 0 aliphatic carbocycles. The Morgan fingerprint density at radius 3 is 1.87 bits per heavy atom. The van der Waals surface area contributed by atoms with Crippen LogP contribution in [0.2, 0.25) is 0 Å². The van der Waals surface area contributed by atoms with Gasteiger partial charge in [0.2, 0.25) is 0 Å². The van der Waals surface area contributed by atoms with Gasteiger partial charge in [0.05, 0.1) is 0 Å².